The van der Waals surface area contributed by atoms with Crippen molar-refractivity contribution in [2.24, 2.45) is 29.1 Å². The van der Waals surface area contributed by atoms with Crippen molar-refractivity contribution in [3.05, 3.63) is 0 Å². The minimum atomic E-state index is -1.66. The molecule has 4 saturated heterocycles. The van der Waals surface area contributed by atoms with Crippen molar-refractivity contribution in [3.8, 4) is 0 Å². The third kappa shape index (κ3) is 9.03. The molecule has 0 aromatic rings. The number of esters is 2. The molecule has 0 spiro atoms. The van der Waals surface area contributed by atoms with Crippen LogP contribution in [0.3, 0.4) is 0 Å². The van der Waals surface area contributed by atoms with Crippen LogP contribution in [-0.2, 0) is 42.9 Å². The molecule has 4 heterocycles. The molecule has 0 radical (unpaired) electrons. The van der Waals surface area contributed by atoms with Crippen LogP contribution in [0.4, 0.5) is 0 Å². The molecule has 2 bridgehead atoms. The molecule has 12 nitrogen and oxygen atoms in total. The van der Waals surface area contributed by atoms with E-state index >= 15 is 0 Å². The molecule has 4 aliphatic rings. The molecular formula is C36H60N2O10. The Morgan fingerprint density at radius 1 is 1.04 bits per heavy atom. The number of carbonyl (C=O) groups excluding carboxylic acids is 5. The second-order valence-corrected chi connectivity index (χ2v) is 15.4. The number of hydrogen-bond donors (Lipinski definition) is 2. The van der Waals surface area contributed by atoms with Gasteiger partial charge < -0.3 is 34.3 Å². The maximum Gasteiger partial charge on any atom is 0.316 e. The van der Waals surface area contributed by atoms with Gasteiger partial charge in [0, 0.05) is 43.6 Å². The fraction of sp³-hybridized carbons (Fsp3) is 0.861. The van der Waals surface area contributed by atoms with Crippen LogP contribution in [0.25, 0.3) is 0 Å². The summed E-state index contributed by atoms with van der Waals surface area (Å²) < 4.78 is 24.8. The van der Waals surface area contributed by atoms with E-state index in [0.29, 0.717) is 19.3 Å². The summed E-state index contributed by atoms with van der Waals surface area (Å²) in [7, 11) is 3.77. The third-order valence-electron chi connectivity index (χ3n) is 11.1. The molecule has 0 aromatic heterocycles. The number of amides is 1. The highest BCUT2D eigenvalue weighted by Crippen LogP contribution is 2.44. The van der Waals surface area contributed by atoms with E-state index in [1.54, 1.807) is 27.7 Å². The first-order valence-corrected chi connectivity index (χ1v) is 17.7. The molecule has 4 aliphatic heterocycles. The first-order chi connectivity index (χ1) is 22.2. The van der Waals surface area contributed by atoms with E-state index in [4.69, 9.17) is 18.9 Å². The molecule has 0 aliphatic carbocycles. The van der Waals surface area contributed by atoms with Crippen LogP contribution in [0.5, 0.6) is 0 Å². The second-order valence-electron chi connectivity index (χ2n) is 15.4. The predicted molar refractivity (Wildman–Crippen MR) is 177 cm³/mol. The Bertz CT molecular complexity index is 1190. The van der Waals surface area contributed by atoms with Gasteiger partial charge in [0.25, 0.3) is 0 Å². The Kier molecular flexibility index (Phi) is 13.4. The van der Waals surface area contributed by atoms with Crippen molar-refractivity contribution in [1.29, 1.82) is 0 Å². The average molecular weight is 681 g/mol. The Morgan fingerprint density at radius 3 is 2.27 bits per heavy atom. The average Bonchev–Trinajstić information content (AvgIpc) is 2.99. The maximum atomic E-state index is 14.3. The highest BCUT2D eigenvalue weighted by molar-refractivity contribution is 6.00. The molecule has 2 N–H and O–H groups in total. The number of ether oxygens (including phenoxy) is 4. The van der Waals surface area contributed by atoms with Gasteiger partial charge in [-0.3, -0.25) is 24.0 Å². The summed E-state index contributed by atoms with van der Waals surface area (Å²) in [5.41, 5.74) is -2.55. The van der Waals surface area contributed by atoms with Crippen LogP contribution in [-0.4, -0.2) is 102 Å². The van der Waals surface area contributed by atoms with E-state index in [0.717, 1.165) is 0 Å². The highest BCUT2D eigenvalue weighted by Gasteiger charge is 2.51. The lowest BCUT2D eigenvalue weighted by molar-refractivity contribution is -0.290. The van der Waals surface area contributed by atoms with Crippen molar-refractivity contribution in [2.45, 2.75) is 156 Å². The van der Waals surface area contributed by atoms with Crippen LogP contribution in [0.15, 0.2) is 0 Å². The van der Waals surface area contributed by atoms with Crippen molar-refractivity contribution in [1.82, 2.24) is 10.2 Å². The number of nitrogens with zero attached hydrogens (tertiary/aromatic N) is 1. The van der Waals surface area contributed by atoms with Crippen molar-refractivity contribution < 1.29 is 48.0 Å². The van der Waals surface area contributed by atoms with Gasteiger partial charge in [-0.15, -0.1) is 0 Å². The number of nitrogens with one attached hydrogen (secondary N) is 1. The summed E-state index contributed by atoms with van der Waals surface area (Å²) in [6, 6.07) is -0.659. The van der Waals surface area contributed by atoms with Crippen molar-refractivity contribution >= 4 is 29.4 Å². The zero-order valence-electron chi connectivity index (χ0n) is 30.9. The molecule has 12 heteroatoms. The lowest BCUT2D eigenvalue weighted by Crippen LogP contribution is -2.59. The van der Waals surface area contributed by atoms with Gasteiger partial charge in [0.1, 0.15) is 23.4 Å². The van der Waals surface area contributed by atoms with Gasteiger partial charge >= 0.3 is 11.9 Å². The van der Waals surface area contributed by atoms with E-state index in [9.17, 15) is 29.1 Å². The van der Waals surface area contributed by atoms with Crippen LogP contribution >= 0.6 is 0 Å². The van der Waals surface area contributed by atoms with Gasteiger partial charge in [0.15, 0.2) is 18.2 Å². The maximum absolute atomic E-state index is 14.3. The van der Waals surface area contributed by atoms with Crippen molar-refractivity contribution in [3.63, 3.8) is 0 Å². The molecule has 4 rings (SSSR count). The number of rotatable bonds is 5. The first kappa shape index (κ1) is 40.0. The van der Waals surface area contributed by atoms with Crippen LogP contribution < -0.4 is 5.32 Å². The van der Waals surface area contributed by atoms with Crippen LogP contribution in [0.1, 0.15) is 107 Å². The molecule has 0 unspecified atom stereocenters. The molecule has 48 heavy (non-hydrogen) atoms. The fourth-order valence-corrected chi connectivity index (χ4v) is 8.33. The standard InChI is InChI=1S/C36H60N2O10/c1-12-28-36(9,44)26-14-13-25(40)15-16-35(8,18-19(2)37-32(42)21(26)4)31(22(5)29(41)23(6)33(43)47-28)48-34-30(46-24(7)39)27(38(10)11)17-20(3)45-34/h19-23,26-28,30-31,34,44H,12-18H2,1-11H3,(H,37,42)/t19-,20-,21-,22+,23-,26-,27+,28-,30-,31-,34+,35-,36+/m1/s1. The zero-order valence-corrected chi connectivity index (χ0v) is 30.9. The van der Waals surface area contributed by atoms with E-state index in [1.807, 2.05) is 39.8 Å². The van der Waals surface area contributed by atoms with Crippen LogP contribution in [0, 0.1) is 29.1 Å². The summed E-state index contributed by atoms with van der Waals surface area (Å²) in [5, 5.41) is 15.1. The van der Waals surface area contributed by atoms with Gasteiger partial charge in [-0.05, 0) is 79.3 Å². The Hall–Kier alpha value is -2.41. The summed E-state index contributed by atoms with van der Waals surface area (Å²) in [4.78, 5) is 69.5. The SMILES string of the molecule is CC[C@H]1OC(=O)[C@H](C)C(=O)[C@H](C)[C@@H](O[C@@H]2O[C@H](C)C[C@H](N(C)C)[C@H]2OC(C)=O)[C@]2(C)CCC(=O)CC[C@H]([C@@H](C)C(=O)N[C@H](C)C2)[C@]1(C)O. The van der Waals surface area contributed by atoms with E-state index in [1.165, 1.54) is 13.8 Å². The summed E-state index contributed by atoms with van der Waals surface area (Å²) in [5.74, 6) is -5.56. The Labute approximate surface area is 286 Å². The number of carbonyl (C=O) groups is 5. The zero-order chi connectivity index (χ0) is 36.3. The molecule has 274 valence electrons. The number of ketones is 2. The largest absolute Gasteiger partial charge is 0.459 e. The van der Waals surface area contributed by atoms with Gasteiger partial charge in [-0.25, -0.2) is 0 Å². The summed E-state index contributed by atoms with van der Waals surface area (Å²) in [6.45, 7) is 15.3. The lowest BCUT2D eigenvalue weighted by Gasteiger charge is -2.48. The number of likely N-dealkylation sites (N-methyl/N-ethyl adjacent to an activating group) is 1. The van der Waals surface area contributed by atoms with Crippen LogP contribution in [0.2, 0.25) is 0 Å². The highest BCUT2D eigenvalue weighted by atomic mass is 16.7. The number of hydrogen-bond acceptors (Lipinski definition) is 11. The molecule has 13 atom stereocenters. The minimum Gasteiger partial charge on any atom is -0.459 e. The Balaban J connectivity index is 2.23. The molecule has 0 saturated carbocycles. The summed E-state index contributed by atoms with van der Waals surface area (Å²) in [6.07, 6.45) is -2.14. The monoisotopic (exact) mass is 680 g/mol. The minimum absolute atomic E-state index is 0.0399. The van der Waals surface area contributed by atoms with Gasteiger partial charge in [-0.2, -0.15) is 0 Å². The Morgan fingerprint density at radius 2 is 1.69 bits per heavy atom. The van der Waals surface area contributed by atoms with E-state index in [-0.39, 0.29) is 49.5 Å². The predicted octanol–water partition coefficient (Wildman–Crippen LogP) is 3.59. The summed E-state index contributed by atoms with van der Waals surface area (Å²) >= 11 is 0. The normalized spacial score (nSPS) is 42.5. The van der Waals surface area contributed by atoms with Crippen molar-refractivity contribution in [2.75, 3.05) is 14.1 Å². The number of Topliss-reactive ketones (excluding diaryl/α,β-unsaturated/α-hetero) is 2. The van der Waals surface area contributed by atoms with E-state index < -0.39 is 83.1 Å². The van der Waals surface area contributed by atoms with Gasteiger partial charge in [0.05, 0.1) is 18.2 Å². The molecule has 0 aromatic carbocycles. The van der Waals surface area contributed by atoms with Gasteiger partial charge in [-0.1, -0.05) is 27.7 Å². The molecule has 1 amide bonds. The third-order valence-corrected chi connectivity index (χ3v) is 11.1. The lowest BCUT2D eigenvalue weighted by atomic mass is 9.68. The van der Waals surface area contributed by atoms with E-state index in [2.05, 4.69) is 5.32 Å². The number of fused-ring (bicyclic) bond motifs is 15. The quantitative estimate of drug-likeness (QED) is 0.323. The number of aliphatic hydroxyl groups is 1. The van der Waals surface area contributed by atoms with Gasteiger partial charge in [0.2, 0.25) is 5.91 Å². The first-order valence-electron chi connectivity index (χ1n) is 17.7. The fourth-order valence-electron chi connectivity index (χ4n) is 8.33. The molecular weight excluding hydrogens is 620 g/mol. The second kappa shape index (κ2) is 16.1. The smallest absolute Gasteiger partial charge is 0.316 e. The molecule has 4 fully saturated rings. The topological polar surface area (TPSA) is 158 Å².